The van der Waals surface area contributed by atoms with Gasteiger partial charge in [0.25, 0.3) is 0 Å². The van der Waals surface area contributed by atoms with Gasteiger partial charge in [0, 0.05) is 28.1 Å². The second-order valence-corrected chi connectivity index (χ2v) is 5.56. The van der Waals surface area contributed by atoms with Crippen molar-refractivity contribution in [2.45, 2.75) is 20.4 Å². The molecule has 2 aromatic rings. The van der Waals surface area contributed by atoms with Gasteiger partial charge in [-0.1, -0.05) is 30.0 Å². The summed E-state index contributed by atoms with van der Waals surface area (Å²) < 4.78 is 0. The molecule has 1 aromatic heterocycles. The van der Waals surface area contributed by atoms with E-state index in [0.717, 1.165) is 18.7 Å². The Morgan fingerprint density at radius 3 is 2.80 bits per heavy atom. The number of aryl methyl sites for hydroxylation is 1. The van der Waals surface area contributed by atoms with Gasteiger partial charge in [-0.2, -0.15) is 0 Å². The van der Waals surface area contributed by atoms with E-state index in [1.807, 2.05) is 5.38 Å². The van der Waals surface area contributed by atoms with E-state index in [-0.39, 0.29) is 6.61 Å². The van der Waals surface area contributed by atoms with Gasteiger partial charge in [0.15, 0.2) is 0 Å². The van der Waals surface area contributed by atoms with Crippen molar-refractivity contribution in [1.82, 2.24) is 0 Å². The Morgan fingerprint density at radius 1 is 1.30 bits per heavy atom. The fourth-order valence-electron chi connectivity index (χ4n) is 2.14. The average Bonchev–Trinajstić information content (AvgIpc) is 2.91. The molecular formula is C17H19NOS. The molecule has 0 bridgehead atoms. The molecule has 0 unspecified atom stereocenters. The number of para-hydroxylation sites is 1. The summed E-state index contributed by atoms with van der Waals surface area (Å²) in [6.45, 7) is 6.10. The molecule has 0 aliphatic rings. The standard InChI is InChI=1S/C17H19NOS/c1-3-18(17-9-5-4-7-14(17)2)12-16-11-15(13-20-16)8-6-10-19/h4-5,7,9,11,13,19H,3,10,12H2,1-2H3. The number of anilines is 1. The lowest BCUT2D eigenvalue weighted by Crippen LogP contribution is -2.22. The predicted octanol–water partition coefficient (Wildman–Crippen LogP) is 3.43. The van der Waals surface area contributed by atoms with Crippen LogP contribution in [0.1, 0.15) is 22.9 Å². The molecule has 3 heteroatoms. The zero-order chi connectivity index (χ0) is 14.4. The van der Waals surface area contributed by atoms with Gasteiger partial charge in [-0.25, -0.2) is 0 Å². The Labute approximate surface area is 124 Å². The van der Waals surface area contributed by atoms with Gasteiger partial charge in [0.1, 0.15) is 6.61 Å². The Kier molecular flexibility index (Phi) is 5.23. The molecule has 1 N–H and O–H groups in total. The minimum Gasteiger partial charge on any atom is -0.384 e. The van der Waals surface area contributed by atoms with Crippen LogP contribution >= 0.6 is 11.3 Å². The number of hydrogen-bond acceptors (Lipinski definition) is 3. The smallest absolute Gasteiger partial charge is 0.104 e. The van der Waals surface area contributed by atoms with Crippen LogP contribution in [-0.2, 0) is 6.54 Å². The summed E-state index contributed by atoms with van der Waals surface area (Å²) in [5.74, 6) is 5.63. The van der Waals surface area contributed by atoms with E-state index in [1.165, 1.54) is 16.1 Å². The highest BCUT2D eigenvalue weighted by Gasteiger charge is 2.09. The van der Waals surface area contributed by atoms with Gasteiger partial charge in [0.05, 0.1) is 6.54 Å². The van der Waals surface area contributed by atoms with Crippen molar-refractivity contribution in [3.63, 3.8) is 0 Å². The number of hydrogen-bond donors (Lipinski definition) is 1. The molecule has 0 saturated heterocycles. The molecule has 0 aliphatic heterocycles. The van der Waals surface area contributed by atoms with E-state index < -0.39 is 0 Å². The molecule has 0 atom stereocenters. The first-order valence-electron chi connectivity index (χ1n) is 6.72. The van der Waals surface area contributed by atoms with Crippen LogP contribution in [0.15, 0.2) is 35.7 Å². The fraction of sp³-hybridized carbons (Fsp3) is 0.294. The largest absolute Gasteiger partial charge is 0.384 e. The Balaban J connectivity index is 2.14. The molecule has 0 radical (unpaired) electrons. The third kappa shape index (κ3) is 3.63. The first kappa shape index (κ1) is 14.6. The molecule has 0 aliphatic carbocycles. The van der Waals surface area contributed by atoms with E-state index in [0.29, 0.717) is 0 Å². The van der Waals surface area contributed by atoms with Crippen LogP contribution < -0.4 is 4.90 Å². The van der Waals surface area contributed by atoms with Gasteiger partial charge >= 0.3 is 0 Å². The lowest BCUT2D eigenvalue weighted by atomic mass is 10.2. The first-order chi connectivity index (χ1) is 9.74. The number of benzene rings is 1. The van der Waals surface area contributed by atoms with Gasteiger partial charge in [-0.05, 0) is 31.5 Å². The zero-order valence-electron chi connectivity index (χ0n) is 11.9. The van der Waals surface area contributed by atoms with Gasteiger partial charge in [-0.3, -0.25) is 0 Å². The molecule has 0 fully saturated rings. The van der Waals surface area contributed by atoms with Crippen LogP contribution in [0.2, 0.25) is 0 Å². The van der Waals surface area contributed by atoms with E-state index >= 15 is 0 Å². The number of aliphatic hydroxyl groups excluding tert-OH is 1. The van der Waals surface area contributed by atoms with Crippen LogP contribution in [0.3, 0.4) is 0 Å². The molecule has 0 saturated carbocycles. The van der Waals surface area contributed by atoms with E-state index in [2.05, 4.69) is 60.9 Å². The highest BCUT2D eigenvalue weighted by molar-refractivity contribution is 7.10. The summed E-state index contributed by atoms with van der Waals surface area (Å²) in [6, 6.07) is 10.6. The van der Waals surface area contributed by atoms with Crippen molar-refractivity contribution in [3.8, 4) is 11.8 Å². The third-order valence-corrected chi connectivity index (χ3v) is 4.07. The highest BCUT2D eigenvalue weighted by Crippen LogP contribution is 2.23. The maximum atomic E-state index is 8.72. The van der Waals surface area contributed by atoms with Crippen molar-refractivity contribution in [2.24, 2.45) is 0 Å². The third-order valence-electron chi connectivity index (χ3n) is 3.15. The molecular weight excluding hydrogens is 266 g/mol. The molecule has 0 spiro atoms. The Morgan fingerprint density at radius 2 is 2.10 bits per heavy atom. The van der Waals surface area contributed by atoms with Crippen molar-refractivity contribution in [2.75, 3.05) is 18.1 Å². The molecule has 20 heavy (non-hydrogen) atoms. The van der Waals surface area contributed by atoms with Gasteiger partial charge in [0.2, 0.25) is 0 Å². The normalized spacial score (nSPS) is 9.95. The molecule has 104 valence electrons. The van der Waals surface area contributed by atoms with E-state index in [1.54, 1.807) is 11.3 Å². The topological polar surface area (TPSA) is 23.5 Å². The van der Waals surface area contributed by atoms with Crippen LogP contribution in [0.25, 0.3) is 0 Å². The first-order valence-corrected chi connectivity index (χ1v) is 7.60. The molecule has 2 nitrogen and oxygen atoms in total. The highest BCUT2D eigenvalue weighted by atomic mass is 32.1. The average molecular weight is 285 g/mol. The van der Waals surface area contributed by atoms with Crippen LogP contribution in [0.4, 0.5) is 5.69 Å². The SMILES string of the molecule is CCN(Cc1cc(C#CCO)cs1)c1ccccc1C. The Hall–Kier alpha value is -1.76. The maximum absolute atomic E-state index is 8.72. The van der Waals surface area contributed by atoms with E-state index in [9.17, 15) is 0 Å². The van der Waals surface area contributed by atoms with Crippen LogP contribution in [-0.4, -0.2) is 18.3 Å². The van der Waals surface area contributed by atoms with Crippen molar-refractivity contribution < 1.29 is 5.11 Å². The maximum Gasteiger partial charge on any atom is 0.104 e. The second kappa shape index (κ2) is 7.14. The number of thiophene rings is 1. The van der Waals surface area contributed by atoms with Crippen molar-refractivity contribution in [1.29, 1.82) is 0 Å². The lowest BCUT2D eigenvalue weighted by Gasteiger charge is -2.24. The predicted molar refractivity (Wildman–Crippen MR) is 86.2 cm³/mol. The summed E-state index contributed by atoms with van der Waals surface area (Å²) in [4.78, 5) is 3.65. The molecule has 0 amide bonds. The molecule has 1 aromatic carbocycles. The van der Waals surface area contributed by atoms with E-state index in [4.69, 9.17) is 5.11 Å². The Bertz CT molecular complexity index is 621. The lowest BCUT2D eigenvalue weighted by molar-refractivity contribution is 0.350. The van der Waals surface area contributed by atoms with Gasteiger partial charge in [-0.15, -0.1) is 11.3 Å². The minimum atomic E-state index is -0.0878. The molecule has 1 heterocycles. The number of nitrogens with zero attached hydrogens (tertiary/aromatic N) is 1. The molecule has 2 rings (SSSR count). The number of aliphatic hydroxyl groups is 1. The van der Waals surface area contributed by atoms with Crippen LogP contribution in [0, 0.1) is 18.8 Å². The van der Waals surface area contributed by atoms with Crippen molar-refractivity contribution in [3.05, 3.63) is 51.7 Å². The summed E-state index contributed by atoms with van der Waals surface area (Å²) in [7, 11) is 0. The minimum absolute atomic E-state index is 0.0878. The fourth-order valence-corrected chi connectivity index (χ4v) is 2.98. The summed E-state index contributed by atoms with van der Waals surface area (Å²) in [5, 5.41) is 10.8. The summed E-state index contributed by atoms with van der Waals surface area (Å²) in [6.07, 6.45) is 0. The van der Waals surface area contributed by atoms with Crippen LogP contribution in [0.5, 0.6) is 0 Å². The van der Waals surface area contributed by atoms with Crippen molar-refractivity contribution >= 4 is 17.0 Å². The monoisotopic (exact) mass is 285 g/mol. The quantitative estimate of drug-likeness (QED) is 0.870. The summed E-state index contributed by atoms with van der Waals surface area (Å²) >= 11 is 1.72. The summed E-state index contributed by atoms with van der Waals surface area (Å²) in [5.41, 5.74) is 3.57. The van der Waals surface area contributed by atoms with Gasteiger partial charge < -0.3 is 10.0 Å². The second-order valence-electron chi connectivity index (χ2n) is 4.56. The number of rotatable bonds is 4. The zero-order valence-corrected chi connectivity index (χ0v) is 12.7.